The van der Waals surface area contributed by atoms with Gasteiger partial charge >= 0.3 is 5.97 Å². The van der Waals surface area contributed by atoms with Gasteiger partial charge in [-0.25, -0.2) is 4.39 Å². The Morgan fingerprint density at radius 2 is 1.89 bits per heavy atom. The van der Waals surface area contributed by atoms with E-state index in [9.17, 15) is 13.4 Å². The van der Waals surface area contributed by atoms with Crippen LogP contribution in [0.1, 0.15) is 27.7 Å². The first-order valence-corrected chi connectivity index (χ1v) is 6.81. The third kappa shape index (κ3) is 3.91. The fourth-order valence-electron chi connectivity index (χ4n) is 1.27. The van der Waals surface area contributed by atoms with Crippen molar-refractivity contribution in [3.63, 3.8) is 0 Å². The van der Waals surface area contributed by atoms with Crippen LogP contribution >= 0.6 is 0 Å². The SMILES string of the molecule is CC(C(=O)OC(C)(C)C)S(=O)c1ccccc1F. The van der Waals surface area contributed by atoms with Crippen molar-refractivity contribution in [1.29, 1.82) is 0 Å². The predicted octanol–water partition coefficient (Wildman–Crippen LogP) is 2.66. The van der Waals surface area contributed by atoms with Crippen LogP contribution in [0.2, 0.25) is 0 Å². The molecule has 2 atom stereocenters. The van der Waals surface area contributed by atoms with E-state index in [0.717, 1.165) is 0 Å². The number of hydrogen-bond acceptors (Lipinski definition) is 3. The van der Waals surface area contributed by atoms with Gasteiger partial charge in [-0.15, -0.1) is 0 Å². The van der Waals surface area contributed by atoms with Gasteiger partial charge in [0.1, 0.15) is 16.7 Å². The highest BCUT2D eigenvalue weighted by Crippen LogP contribution is 2.18. The highest BCUT2D eigenvalue weighted by molar-refractivity contribution is 7.86. The van der Waals surface area contributed by atoms with Crippen LogP contribution in [0.4, 0.5) is 4.39 Å². The molecule has 0 heterocycles. The molecule has 0 amide bonds. The first-order valence-electron chi connectivity index (χ1n) is 5.60. The van der Waals surface area contributed by atoms with E-state index in [1.165, 1.54) is 25.1 Å². The summed E-state index contributed by atoms with van der Waals surface area (Å²) in [4.78, 5) is 11.8. The molecule has 0 radical (unpaired) electrons. The predicted molar refractivity (Wildman–Crippen MR) is 68.1 cm³/mol. The van der Waals surface area contributed by atoms with Gasteiger partial charge in [0, 0.05) is 0 Å². The van der Waals surface area contributed by atoms with Crippen molar-refractivity contribution in [2.75, 3.05) is 0 Å². The molecule has 1 rings (SSSR count). The molecule has 1 aromatic rings. The van der Waals surface area contributed by atoms with E-state index in [2.05, 4.69) is 0 Å². The lowest BCUT2D eigenvalue weighted by atomic mass is 10.2. The molecule has 0 saturated heterocycles. The number of hydrogen-bond donors (Lipinski definition) is 0. The standard InChI is InChI=1S/C13H17FO3S/c1-9(12(15)17-13(2,3)4)18(16)11-8-6-5-7-10(11)14/h5-9H,1-4H3. The summed E-state index contributed by atoms with van der Waals surface area (Å²) < 4.78 is 30.6. The summed E-state index contributed by atoms with van der Waals surface area (Å²) in [6, 6.07) is 5.72. The molecule has 0 fully saturated rings. The Balaban J connectivity index is 2.85. The summed E-state index contributed by atoms with van der Waals surface area (Å²) in [5, 5.41) is -0.902. The van der Waals surface area contributed by atoms with Crippen LogP contribution in [0.25, 0.3) is 0 Å². The van der Waals surface area contributed by atoms with Crippen molar-refractivity contribution in [2.45, 2.75) is 43.4 Å². The fourth-order valence-corrected chi connectivity index (χ4v) is 2.35. The third-order valence-electron chi connectivity index (χ3n) is 2.11. The van der Waals surface area contributed by atoms with Crippen molar-refractivity contribution in [3.05, 3.63) is 30.1 Å². The molecule has 0 N–H and O–H groups in total. The zero-order valence-electron chi connectivity index (χ0n) is 10.9. The maximum absolute atomic E-state index is 13.5. The number of esters is 1. The smallest absolute Gasteiger partial charge is 0.322 e. The lowest BCUT2D eigenvalue weighted by molar-refractivity contribution is -0.153. The molecule has 0 aliphatic rings. The van der Waals surface area contributed by atoms with Crippen molar-refractivity contribution in [3.8, 4) is 0 Å². The summed E-state index contributed by atoms with van der Waals surface area (Å²) in [5.74, 6) is -1.17. The van der Waals surface area contributed by atoms with Gasteiger partial charge in [0.2, 0.25) is 0 Å². The van der Waals surface area contributed by atoms with Crippen LogP contribution in [-0.2, 0) is 20.3 Å². The number of benzene rings is 1. The van der Waals surface area contributed by atoms with E-state index in [4.69, 9.17) is 4.74 Å². The summed E-state index contributed by atoms with van der Waals surface area (Å²) >= 11 is 0. The lowest BCUT2D eigenvalue weighted by Crippen LogP contribution is -2.32. The summed E-state index contributed by atoms with van der Waals surface area (Å²) in [5.41, 5.74) is -0.648. The average molecular weight is 272 g/mol. The van der Waals surface area contributed by atoms with Crippen molar-refractivity contribution < 1.29 is 18.1 Å². The molecule has 0 aromatic heterocycles. The van der Waals surface area contributed by atoms with Gasteiger partial charge in [-0.3, -0.25) is 9.00 Å². The molecule has 0 bridgehead atoms. The molecule has 5 heteroatoms. The Labute approximate surface area is 109 Å². The normalized spacial score (nSPS) is 14.9. The van der Waals surface area contributed by atoms with Crippen molar-refractivity contribution in [1.82, 2.24) is 0 Å². The Kier molecular flexibility index (Phi) is 4.62. The molecule has 0 spiro atoms. The number of rotatable bonds is 3. The number of halogens is 1. The summed E-state index contributed by atoms with van der Waals surface area (Å²) in [7, 11) is -1.75. The van der Waals surface area contributed by atoms with Crippen molar-refractivity contribution in [2.24, 2.45) is 0 Å². The second kappa shape index (κ2) is 5.61. The van der Waals surface area contributed by atoms with Crippen LogP contribution < -0.4 is 0 Å². The fraction of sp³-hybridized carbons (Fsp3) is 0.462. The highest BCUT2D eigenvalue weighted by Gasteiger charge is 2.28. The van der Waals surface area contributed by atoms with E-state index in [1.807, 2.05) is 0 Å². The molecule has 1 aromatic carbocycles. The quantitative estimate of drug-likeness (QED) is 0.795. The zero-order chi connectivity index (χ0) is 13.9. The Morgan fingerprint density at radius 3 is 2.39 bits per heavy atom. The van der Waals surface area contributed by atoms with Crippen LogP contribution in [0.3, 0.4) is 0 Å². The first kappa shape index (κ1) is 14.8. The topological polar surface area (TPSA) is 43.4 Å². The summed E-state index contributed by atoms with van der Waals surface area (Å²) in [6.45, 7) is 6.65. The van der Waals surface area contributed by atoms with Gasteiger partial charge in [0.15, 0.2) is 0 Å². The minimum absolute atomic E-state index is 0.0239. The minimum atomic E-state index is -1.75. The van der Waals surface area contributed by atoms with E-state index < -0.39 is 33.4 Å². The van der Waals surface area contributed by atoms with Crippen LogP contribution in [-0.4, -0.2) is 21.0 Å². The molecule has 100 valence electrons. The number of ether oxygens (including phenoxy) is 1. The maximum Gasteiger partial charge on any atom is 0.322 e. The Hall–Kier alpha value is -1.23. The van der Waals surface area contributed by atoms with Crippen LogP contribution in [0.5, 0.6) is 0 Å². The van der Waals surface area contributed by atoms with Gasteiger partial charge in [0.25, 0.3) is 0 Å². The monoisotopic (exact) mass is 272 g/mol. The van der Waals surface area contributed by atoms with E-state index >= 15 is 0 Å². The molecular weight excluding hydrogens is 255 g/mol. The van der Waals surface area contributed by atoms with Gasteiger partial charge in [0.05, 0.1) is 15.7 Å². The van der Waals surface area contributed by atoms with E-state index in [0.29, 0.717) is 0 Å². The minimum Gasteiger partial charge on any atom is -0.459 e. The molecule has 0 aliphatic heterocycles. The van der Waals surface area contributed by atoms with Gasteiger partial charge < -0.3 is 4.74 Å². The second-order valence-corrected chi connectivity index (χ2v) is 6.65. The molecule has 18 heavy (non-hydrogen) atoms. The molecule has 2 unspecified atom stereocenters. The van der Waals surface area contributed by atoms with E-state index in [1.54, 1.807) is 26.8 Å². The Morgan fingerprint density at radius 1 is 1.33 bits per heavy atom. The average Bonchev–Trinajstić information content (AvgIpc) is 2.25. The molecule has 0 aliphatic carbocycles. The third-order valence-corrected chi connectivity index (χ3v) is 3.71. The van der Waals surface area contributed by atoms with E-state index in [-0.39, 0.29) is 4.90 Å². The zero-order valence-corrected chi connectivity index (χ0v) is 11.7. The number of carbonyl (C=O) groups is 1. The number of carbonyl (C=O) groups excluding carboxylic acids is 1. The summed E-state index contributed by atoms with van der Waals surface area (Å²) in [6.07, 6.45) is 0. The molecule has 3 nitrogen and oxygen atoms in total. The highest BCUT2D eigenvalue weighted by atomic mass is 32.2. The lowest BCUT2D eigenvalue weighted by Gasteiger charge is -2.22. The van der Waals surface area contributed by atoms with Crippen LogP contribution in [0.15, 0.2) is 29.2 Å². The van der Waals surface area contributed by atoms with Gasteiger partial charge in [-0.05, 0) is 39.8 Å². The first-order chi connectivity index (χ1) is 8.22. The van der Waals surface area contributed by atoms with Gasteiger partial charge in [-0.2, -0.15) is 0 Å². The maximum atomic E-state index is 13.5. The largest absolute Gasteiger partial charge is 0.459 e. The second-order valence-electron chi connectivity index (χ2n) is 4.90. The Bertz CT molecular complexity index is 466. The molecular formula is C13H17FO3S. The molecule has 0 saturated carbocycles. The van der Waals surface area contributed by atoms with Gasteiger partial charge in [-0.1, -0.05) is 12.1 Å². The van der Waals surface area contributed by atoms with Crippen molar-refractivity contribution >= 4 is 16.8 Å². The van der Waals surface area contributed by atoms with Crippen LogP contribution in [0, 0.1) is 5.82 Å².